The van der Waals surface area contributed by atoms with Crippen LogP contribution in [0.2, 0.25) is 5.02 Å². The number of hydrogen-bond donors (Lipinski definition) is 3. The van der Waals surface area contributed by atoms with Crippen LogP contribution in [0.3, 0.4) is 0 Å². The molecule has 0 saturated carbocycles. The van der Waals surface area contributed by atoms with Crippen LogP contribution in [0, 0.1) is 0 Å². The molecular formula is C18H17ClF3N3O4S. The van der Waals surface area contributed by atoms with Gasteiger partial charge in [0, 0.05) is 5.02 Å². The average Bonchev–Trinajstić information content (AvgIpc) is 2.65. The minimum absolute atomic E-state index is 0.0732. The molecule has 2 aromatic carbocycles. The molecule has 0 aliphatic heterocycles. The Balaban J connectivity index is 2.11. The van der Waals surface area contributed by atoms with Gasteiger partial charge in [0.2, 0.25) is 15.9 Å². The second-order valence-electron chi connectivity index (χ2n) is 6.13. The van der Waals surface area contributed by atoms with E-state index in [0.29, 0.717) is 0 Å². The van der Waals surface area contributed by atoms with Gasteiger partial charge in [0.25, 0.3) is 5.91 Å². The Labute approximate surface area is 175 Å². The highest BCUT2D eigenvalue weighted by Crippen LogP contribution is 2.18. The number of hydrogen-bond acceptors (Lipinski definition) is 4. The Bertz CT molecular complexity index is 1040. The van der Waals surface area contributed by atoms with Crippen molar-refractivity contribution in [3.8, 4) is 0 Å². The third-order valence-corrected chi connectivity index (χ3v) is 5.48. The Morgan fingerprint density at radius 1 is 1.10 bits per heavy atom. The lowest BCUT2D eigenvalue weighted by Crippen LogP contribution is -2.42. The van der Waals surface area contributed by atoms with Crippen molar-refractivity contribution < 1.29 is 31.2 Å². The number of anilines is 1. The summed E-state index contributed by atoms with van der Waals surface area (Å²) in [6.45, 7) is -0.270. The van der Waals surface area contributed by atoms with Crippen molar-refractivity contribution in [1.29, 1.82) is 0 Å². The highest BCUT2D eigenvalue weighted by molar-refractivity contribution is 7.89. The first-order valence-corrected chi connectivity index (χ1v) is 10.3. The standard InChI is InChI=1S/C18H17ClF3N3O4S/c1-11(25-30(28,29)13-6-4-5-12(19)9-13)16(26)24-15-8-3-2-7-14(15)17(27)23-10-18(20,21)22/h2-9,11,25H,10H2,1H3,(H,23,27)(H,24,26)/t11-/m1/s1. The zero-order valence-corrected chi connectivity index (χ0v) is 17.0. The molecule has 0 saturated heterocycles. The summed E-state index contributed by atoms with van der Waals surface area (Å²) in [6, 6.07) is 9.53. The highest BCUT2D eigenvalue weighted by atomic mass is 35.5. The predicted octanol–water partition coefficient (Wildman–Crippen LogP) is 2.94. The zero-order chi connectivity index (χ0) is 22.5. The number of halogens is 4. The first kappa shape index (κ1) is 23.6. The summed E-state index contributed by atoms with van der Waals surface area (Å²) in [6.07, 6.45) is -4.60. The number of alkyl halides is 3. The number of benzene rings is 2. The summed E-state index contributed by atoms with van der Waals surface area (Å²) in [7, 11) is -4.07. The Morgan fingerprint density at radius 2 is 1.77 bits per heavy atom. The van der Waals surface area contributed by atoms with E-state index >= 15 is 0 Å². The molecule has 0 radical (unpaired) electrons. The van der Waals surface area contributed by atoms with E-state index < -0.39 is 40.6 Å². The van der Waals surface area contributed by atoms with Crippen molar-refractivity contribution in [2.45, 2.75) is 24.0 Å². The van der Waals surface area contributed by atoms with Crippen LogP contribution in [0.1, 0.15) is 17.3 Å². The van der Waals surface area contributed by atoms with Gasteiger partial charge in [0.15, 0.2) is 0 Å². The predicted molar refractivity (Wildman–Crippen MR) is 105 cm³/mol. The number of nitrogens with one attached hydrogen (secondary N) is 3. The third kappa shape index (κ3) is 6.71. The normalized spacial score (nSPS) is 12.8. The lowest BCUT2D eigenvalue weighted by atomic mass is 10.1. The van der Waals surface area contributed by atoms with E-state index in [1.807, 2.05) is 0 Å². The van der Waals surface area contributed by atoms with Crippen molar-refractivity contribution >= 4 is 39.1 Å². The molecule has 2 amide bonds. The molecule has 0 aliphatic rings. The number of sulfonamides is 1. The van der Waals surface area contributed by atoms with Gasteiger partial charge in [-0.2, -0.15) is 17.9 Å². The molecule has 2 rings (SSSR count). The Kier molecular flexibility index (Phi) is 7.45. The number of amides is 2. The third-order valence-electron chi connectivity index (χ3n) is 3.71. The number of carbonyl (C=O) groups is 2. The van der Waals surface area contributed by atoms with Gasteiger partial charge in [0.1, 0.15) is 6.54 Å². The lowest BCUT2D eigenvalue weighted by Gasteiger charge is -2.16. The average molecular weight is 464 g/mol. The van der Waals surface area contributed by atoms with Gasteiger partial charge in [-0.1, -0.05) is 29.8 Å². The van der Waals surface area contributed by atoms with Crippen molar-refractivity contribution in [3.63, 3.8) is 0 Å². The lowest BCUT2D eigenvalue weighted by molar-refractivity contribution is -0.123. The van der Waals surface area contributed by atoms with Gasteiger partial charge in [-0.3, -0.25) is 9.59 Å². The molecule has 0 aliphatic carbocycles. The molecule has 3 N–H and O–H groups in total. The number of rotatable bonds is 7. The molecular weight excluding hydrogens is 447 g/mol. The fraction of sp³-hybridized carbons (Fsp3) is 0.222. The second kappa shape index (κ2) is 9.45. The van der Waals surface area contributed by atoms with Crippen LogP contribution in [0.5, 0.6) is 0 Å². The maximum absolute atomic E-state index is 12.4. The van der Waals surface area contributed by atoms with Crippen molar-refractivity contribution in [2.75, 3.05) is 11.9 Å². The highest BCUT2D eigenvalue weighted by Gasteiger charge is 2.29. The molecule has 0 aromatic heterocycles. The van der Waals surface area contributed by atoms with E-state index in [1.54, 1.807) is 5.32 Å². The van der Waals surface area contributed by atoms with Gasteiger partial charge in [-0.25, -0.2) is 8.42 Å². The van der Waals surface area contributed by atoms with E-state index in [-0.39, 0.29) is 21.2 Å². The van der Waals surface area contributed by atoms with E-state index in [0.717, 1.165) is 0 Å². The molecule has 7 nitrogen and oxygen atoms in total. The first-order valence-electron chi connectivity index (χ1n) is 8.42. The molecule has 0 fully saturated rings. The van der Waals surface area contributed by atoms with Gasteiger partial charge < -0.3 is 10.6 Å². The summed E-state index contributed by atoms with van der Waals surface area (Å²) >= 11 is 5.78. The quantitative estimate of drug-likeness (QED) is 0.587. The summed E-state index contributed by atoms with van der Waals surface area (Å²) in [4.78, 5) is 24.3. The molecule has 12 heteroatoms. The van der Waals surface area contributed by atoms with Gasteiger partial charge in [-0.15, -0.1) is 0 Å². The summed E-state index contributed by atoms with van der Waals surface area (Å²) < 4.78 is 63.9. The van der Waals surface area contributed by atoms with E-state index in [1.165, 1.54) is 55.5 Å². The maximum atomic E-state index is 12.4. The minimum atomic E-state index is -4.60. The zero-order valence-electron chi connectivity index (χ0n) is 15.5. The fourth-order valence-electron chi connectivity index (χ4n) is 2.30. The van der Waals surface area contributed by atoms with Crippen LogP contribution in [0.15, 0.2) is 53.4 Å². The van der Waals surface area contributed by atoms with Crippen LogP contribution in [-0.2, 0) is 14.8 Å². The molecule has 30 heavy (non-hydrogen) atoms. The van der Waals surface area contributed by atoms with Crippen molar-refractivity contribution in [2.24, 2.45) is 0 Å². The van der Waals surface area contributed by atoms with Gasteiger partial charge >= 0.3 is 6.18 Å². The fourth-order valence-corrected chi connectivity index (χ4v) is 3.80. The smallest absolute Gasteiger partial charge is 0.343 e. The summed E-state index contributed by atoms with van der Waals surface area (Å²) in [5.74, 6) is -1.87. The molecule has 0 heterocycles. The molecule has 0 unspecified atom stereocenters. The Hall–Kier alpha value is -2.63. The van der Waals surface area contributed by atoms with E-state index in [2.05, 4.69) is 10.0 Å². The first-order chi connectivity index (χ1) is 13.9. The van der Waals surface area contributed by atoms with Crippen LogP contribution in [0.4, 0.5) is 18.9 Å². The molecule has 2 aromatic rings. The molecule has 0 bridgehead atoms. The van der Waals surface area contributed by atoms with Crippen LogP contribution in [-0.4, -0.2) is 39.0 Å². The van der Waals surface area contributed by atoms with Crippen LogP contribution >= 0.6 is 11.6 Å². The molecule has 162 valence electrons. The van der Waals surface area contributed by atoms with Gasteiger partial charge in [-0.05, 0) is 37.3 Å². The monoisotopic (exact) mass is 463 g/mol. The molecule has 1 atom stereocenters. The second-order valence-corrected chi connectivity index (χ2v) is 8.28. The van der Waals surface area contributed by atoms with Crippen LogP contribution in [0.25, 0.3) is 0 Å². The van der Waals surface area contributed by atoms with E-state index in [4.69, 9.17) is 11.6 Å². The molecule has 0 spiro atoms. The van der Waals surface area contributed by atoms with E-state index in [9.17, 15) is 31.2 Å². The number of carbonyl (C=O) groups excluding carboxylic acids is 2. The summed E-state index contributed by atoms with van der Waals surface area (Å²) in [5.41, 5.74) is -0.282. The largest absolute Gasteiger partial charge is 0.405 e. The van der Waals surface area contributed by atoms with Crippen molar-refractivity contribution in [1.82, 2.24) is 10.0 Å². The van der Waals surface area contributed by atoms with Crippen molar-refractivity contribution in [3.05, 3.63) is 59.1 Å². The number of para-hydroxylation sites is 1. The topological polar surface area (TPSA) is 104 Å². The maximum Gasteiger partial charge on any atom is 0.405 e. The summed E-state index contributed by atoms with van der Waals surface area (Å²) in [5, 5.41) is 4.24. The minimum Gasteiger partial charge on any atom is -0.343 e. The Morgan fingerprint density at radius 3 is 2.40 bits per heavy atom. The van der Waals surface area contributed by atoms with Crippen LogP contribution < -0.4 is 15.4 Å². The van der Waals surface area contributed by atoms with Gasteiger partial charge in [0.05, 0.1) is 22.2 Å². The SMILES string of the molecule is C[C@@H](NS(=O)(=O)c1cccc(Cl)c1)C(=O)Nc1ccccc1C(=O)NCC(F)(F)F.